The molecule has 1 unspecified atom stereocenters. The molecule has 4 rings (SSSR count). The van der Waals surface area contributed by atoms with Gasteiger partial charge in [0.1, 0.15) is 22.8 Å². The molecule has 12 heteroatoms. The number of carbonyl (C=O) groups excluding carboxylic acids is 3. The molecule has 1 fully saturated rings. The molecule has 0 heterocycles. The Bertz CT molecular complexity index is 1720. The highest BCUT2D eigenvalue weighted by atomic mass is 32.2. The molecule has 1 atom stereocenters. The molecule has 3 aromatic carbocycles. The van der Waals surface area contributed by atoms with E-state index in [9.17, 15) is 27.4 Å². The van der Waals surface area contributed by atoms with Gasteiger partial charge in [-0.05, 0) is 108 Å². The van der Waals surface area contributed by atoms with Crippen LogP contribution in [0.15, 0.2) is 69.9 Å². The molecule has 9 nitrogen and oxygen atoms in total. The summed E-state index contributed by atoms with van der Waals surface area (Å²) in [5, 5.41) is 5.00. The number of nitrogens with zero attached hydrogens (tertiary/aromatic N) is 1. The van der Waals surface area contributed by atoms with Gasteiger partial charge < -0.3 is 14.8 Å². The Hall–Kier alpha value is -4.32. The van der Waals surface area contributed by atoms with Crippen molar-refractivity contribution in [3.63, 3.8) is 0 Å². The van der Waals surface area contributed by atoms with Crippen molar-refractivity contribution in [2.45, 2.75) is 75.7 Å². The van der Waals surface area contributed by atoms with Crippen LogP contribution in [0, 0.1) is 11.6 Å². The second kappa shape index (κ2) is 12.4. The summed E-state index contributed by atoms with van der Waals surface area (Å²) in [6.07, 6.45) is -0.405. The number of anilines is 2. The summed E-state index contributed by atoms with van der Waals surface area (Å²) >= 11 is 0. The standard InChI is InChI=1S/C32H35F2N3O6S/c1-31(2,3)42-29(39)36-26-16-9-20(24-15-10-21(33)18-25(24)34)17-27(26)35-28(38)19-7-11-22(12-8-19)44(41,23-13-14-23)37-30(40)43-32(4,5)6/h7-12,15-18,23H,13-14H2,1-6H3,(H,35,38)(H,36,39). The van der Waals surface area contributed by atoms with E-state index in [0.717, 1.165) is 12.1 Å². The first-order valence-corrected chi connectivity index (χ1v) is 15.5. The molecule has 44 heavy (non-hydrogen) atoms. The molecule has 3 aromatic rings. The van der Waals surface area contributed by atoms with Crippen molar-refractivity contribution >= 4 is 39.2 Å². The maximum Gasteiger partial charge on any atom is 0.442 e. The van der Waals surface area contributed by atoms with Gasteiger partial charge in [-0.25, -0.2) is 22.6 Å². The van der Waals surface area contributed by atoms with Crippen molar-refractivity contribution in [3.05, 3.63) is 77.9 Å². The van der Waals surface area contributed by atoms with E-state index in [4.69, 9.17) is 9.47 Å². The molecule has 0 aromatic heterocycles. The lowest BCUT2D eigenvalue weighted by molar-refractivity contribution is 0.0603. The molecule has 1 aliphatic carbocycles. The number of benzene rings is 3. The molecule has 2 N–H and O–H groups in total. The fourth-order valence-corrected chi connectivity index (χ4v) is 6.35. The average molecular weight is 628 g/mol. The van der Waals surface area contributed by atoms with Crippen molar-refractivity contribution in [2.75, 3.05) is 10.6 Å². The molecule has 0 aliphatic heterocycles. The number of rotatable bonds is 6. The second-order valence-corrected chi connectivity index (χ2v) is 14.8. The van der Waals surface area contributed by atoms with Crippen molar-refractivity contribution in [3.8, 4) is 11.1 Å². The molecular weight excluding hydrogens is 592 g/mol. The van der Waals surface area contributed by atoms with Crippen LogP contribution in [0.25, 0.3) is 11.1 Å². The third-order valence-electron chi connectivity index (χ3n) is 6.18. The Morgan fingerprint density at radius 1 is 0.818 bits per heavy atom. The predicted octanol–water partition coefficient (Wildman–Crippen LogP) is 8.16. The van der Waals surface area contributed by atoms with Gasteiger partial charge in [0.25, 0.3) is 5.91 Å². The Balaban J connectivity index is 1.64. The van der Waals surface area contributed by atoms with E-state index < -0.39 is 50.7 Å². The average Bonchev–Trinajstić information content (AvgIpc) is 3.74. The lowest BCUT2D eigenvalue weighted by Crippen LogP contribution is -2.27. The van der Waals surface area contributed by atoms with Gasteiger partial charge >= 0.3 is 12.2 Å². The first kappa shape index (κ1) is 32.6. The molecule has 3 amide bonds. The second-order valence-electron chi connectivity index (χ2n) is 12.3. The topological polar surface area (TPSA) is 123 Å². The first-order valence-electron chi connectivity index (χ1n) is 13.9. The van der Waals surface area contributed by atoms with Gasteiger partial charge in [0.05, 0.1) is 21.1 Å². The highest BCUT2D eigenvalue weighted by Gasteiger charge is 2.37. The molecule has 234 valence electrons. The van der Waals surface area contributed by atoms with E-state index in [1.807, 2.05) is 0 Å². The van der Waals surface area contributed by atoms with Crippen LogP contribution >= 0.6 is 0 Å². The van der Waals surface area contributed by atoms with Crippen LogP contribution < -0.4 is 10.6 Å². The molecule has 0 saturated heterocycles. The summed E-state index contributed by atoms with van der Waals surface area (Å²) in [4.78, 5) is 38.5. The third kappa shape index (κ3) is 8.40. The lowest BCUT2D eigenvalue weighted by atomic mass is 10.0. The van der Waals surface area contributed by atoms with Crippen LogP contribution in [0.3, 0.4) is 0 Å². The van der Waals surface area contributed by atoms with Crippen LogP contribution in [-0.2, 0) is 19.2 Å². The normalized spacial score (nSPS) is 14.6. The molecule has 1 saturated carbocycles. The van der Waals surface area contributed by atoms with Gasteiger partial charge in [0, 0.05) is 27.3 Å². The van der Waals surface area contributed by atoms with Crippen molar-refractivity contribution < 1.29 is 36.8 Å². The summed E-state index contributed by atoms with van der Waals surface area (Å²) in [6.45, 7) is 10.2. The minimum atomic E-state index is -3.13. The number of hydrogen-bond donors (Lipinski definition) is 2. The summed E-state index contributed by atoms with van der Waals surface area (Å²) in [6, 6.07) is 13.4. The van der Waals surface area contributed by atoms with Gasteiger partial charge in [0.15, 0.2) is 0 Å². The zero-order chi connectivity index (χ0) is 32.4. The first-order chi connectivity index (χ1) is 20.4. The summed E-state index contributed by atoms with van der Waals surface area (Å²) in [5.74, 6) is -2.14. The van der Waals surface area contributed by atoms with Gasteiger partial charge in [-0.1, -0.05) is 6.07 Å². The van der Waals surface area contributed by atoms with Gasteiger partial charge in [-0.15, -0.1) is 4.36 Å². The maximum atomic E-state index is 14.6. The van der Waals surface area contributed by atoms with Crippen LogP contribution in [0.1, 0.15) is 64.7 Å². The van der Waals surface area contributed by atoms with Crippen molar-refractivity contribution in [1.29, 1.82) is 0 Å². The van der Waals surface area contributed by atoms with E-state index >= 15 is 0 Å². The van der Waals surface area contributed by atoms with Crippen LogP contribution in [0.2, 0.25) is 0 Å². The minimum Gasteiger partial charge on any atom is -0.444 e. The fraction of sp³-hybridized carbons (Fsp3) is 0.344. The van der Waals surface area contributed by atoms with Gasteiger partial charge in [0.2, 0.25) is 0 Å². The van der Waals surface area contributed by atoms with Crippen LogP contribution in [-0.4, -0.2) is 38.8 Å². The quantitative estimate of drug-likeness (QED) is 0.284. The highest BCUT2D eigenvalue weighted by Crippen LogP contribution is 2.36. The van der Waals surface area contributed by atoms with Gasteiger partial charge in [-0.3, -0.25) is 10.1 Å². The number of nitrogens with one attached hydrogen (secondary N) is 2. The number of hydrogen-bond acceptors (Lipinski definition) is 6. The largest absolute Gasteiger partial charge is 0.444 e. The lowest BCUT2D eigenvalue weighted by Gasteiger charge is -2.21. The summed E-state index contributed by atoms with van der Waals surface area (Å²) < 4.78 is 56.4. The van der Waals surface area contributed by atoms with E-state index in [1.54, 1.807) is 41.5 Å². The number of carbonyl (C=O) groups is 3. The van der Waals surface area contributed by atoms with E-state index in [2.05, 4.69) is 15.0 Å². The molecule has 0 radical (unpaired) electrons. The Labute approximate surface area is 255 Å². The summed E-state index contributed by atoms with van der Waals surface area (Å²) in [5.41, 5.74) is -0.735. The fourth-order valence-electron chi connectivity index (χ4n) is 4.16. The summed E-state index contributed by atoms with van der Waals surface area (Å²) in [7, 11) is -3.13. The van der Waals surface area contributed by atoms with E-state index in [-0.39, 0.29) is 27.8 Å². The SMILES string of the molecule is CC(C)(C)OC(=O)N=S(=O)(c1ccc(C(=O)Nc2cc(-c3ccc(F)cc3F)ccc2NC(=O)OC(C)(C)C)cc1)C1CC1. The maximum absolute atomic E-state index is 14.6. The number of ether oxygens (including phenoxy) is 2. The molecule has 0 bridgehead atoms. The van der Waals surface area contributed by atoms with Crippen molar-refractivity contribution in [1.82, 2.24) is 0 Å². The Morgan fingerprint density at radius 3 is 2.02 bits per heavy atom. The van der Waals surface area contributed by atoms with E-state index in [1.165, 1.54) is 48.5 Å². The molecule has 0 spiro atoms. The molecule has 1 aliphatic rings. The smallest absolute Gasteiger partial charge is 0.442 e. The van der Waals surface area contributed by atoms with Gasteiger partial charge in [-0.2, -0.15) is 0 Å². The van der Waals surface area contributed by atoms with Crippen LogP contribution in [0.4, 0.5) is 29.7 Å². The number of amides is 3. The van der Waals surface area contributed by atoms with Crippen molar-refractivity contribution in [2.24, 2.45) is 4.36 Å². The monoisotopic (exact) mass is 627 g/mol. The Morgan fingerprint density at radius 2 is 1.45 bits per heavy atom. The zero-order valence-electron chi connectivity index (χ0n) is 25.3. The molecular formula is C32H35F2N3O6S. The third-order valence-corrected chi connectivity index (χ3v) is 8.92. The number of halogens is 2. The Kier molecular flexibility index (Phi) is 9.15. The minimum absolute atomic E-state index is 0.0821. The highest BCUT2D eigenvalue weighted by molar-refractivity contribution is 7.94. The van der Waals surface area contributed by atoms with E-state index in [0.29, 0.717) is 23.3 Å². The predicted molar refractivity (Wildman–Crippen MR) is 164 cm³/mol. The zero-order valence-corrected chi connectivity index (χ0v) is 26.1. The van der Waals surface area contributed by atoms with Crippen LogP contribution in [0.5, 0.6) is 0 Å².